The third-order valence-corrected chi connectivity index (χ3v) is 4.79. The Labute approximate surface area is 154 Å². The predicted molar refractivity (Wildman–Crippen MR) is 102 cm³/mol. The number of aromatic nitrogens is 2. The van der Waals surface area contributed by atoms with Crippen molar-refractivity contribution in [2.75, 3.05) is 26.2 Å². The van der Waals surface area contributed by atoms with Crippen molar-refractivity contribution in [3.05, 3.63) is 29.6 Å². The van der Waals surface area contributed by atoms with E-state index in [1.54, 1.807) is 0 Å². The van der Waals surface area contributed by atoms with E-state index in [4.69, 9.17) is 0 Å². The number of imidazole rings is 1. The van der Waals surface area contributed by atoms with Crippen molar-refractivity contribution in [1.29, 1.82) is 0 Å². The van der Waals surface area contributed by atoms with E-state index in [0.29, 0.717) is 37.7 Å². The second-order valence-corrected chi connectivity index (χ2v) is 8.34. The molecule has 0 unspecified atom stereocenters. The fraction of sp³-hybridized carbons (Fsp3) is 0.550. The SMILES string of the molecule is CC(C)c1nc2ccc(C(=O)N3CCN(C(=O)C(C)(C)C)CC3)cc2[nH]1. The number of amides is 2. The molecule has 0 spiro atoms. The number of benzene rings is 1. The van der Waals surface area contributed by atoms with Crippen LogP contribution in [0.15, 0.2) is 18.2 Å². The molecule has 1 aromatic heterocycles. The number of hydrogen-bond donors (Lipinski definition) is 1. The highest BCUT2D eigenvalue weighted by atomic mass is 16.2. The molecule has 2 aromatic rings. The van der Waals surface area contributed by atoms with Crippen molar-refractivity contribution in [2.24, 2.45) is 5.41 Å². The van der Waals surface area contributed by atoms with E-state index in [9.17, 15) is 9.59 Å². The van der Waals surface area contributed by atoms with Gasteiger partial charge in [0.2, 0.25) is 5.91 Å². The number of hydrogen-bond acceptors (Lipinski definition) is 3. The van der Waals surface area contributed by atoms with Crippen LogP contribution in [0, 0.1) is 5.41 Å². The number of aromatic amines is 1. The Morgan fingerprint density at radius 1 is 1.08 bits per heavy atom. The Bertz CT molecular complexity index is 824. The molecule has 6 nitrogen and oxygen atoms in total. The molecule has 1 saturated heterocycles. The molecule has 140 valence electrons. The summed E-state index contributed by atoms with van der Waals surface area (Å²) in [6.07, 6.45) is 0. The molecule has 2 amide bonds. The van der Waals surface area contributed by atoms with E-state index in [1.807, 2.05) is 48.8 Å². The lowest BCUT2D eigenvalue weighted by molar-refractivity contribution is -0.140. The molecular formula is C20H28N4O2. The molecule has 0 atom stereocenters. The van der Waals surface area contributed by atoms with Gasteiger partial charge in [-0.25, -0.2) is 4.98 Å². The fourth-order valence-electron chi connectivity index (χ4n) is 3.21. The van der Waals surface area contributed by atoms with Gasteiger partial charge in [0.1, 0.15) is 5.82 Å². The molecule has 0 radical (unpaired) electrons. The maximum atomic E-state index is 12.8. The van der Waals surface area contributed by atoms with E-state index in [-0.39, 0.29) is 17.2 Å². The van der Waals surface area contributed by atoms with E-state index in [2.05, 4.69) is 23.8 Å². The van der Waals surface area contributed by atoms with E-state index < -0.39 is 0 Å². The quantitative estimate of drug-likeness (QED) is 0.899. The van der Waals surface area contributed by atoms with Crippen LogP contribution in [-0.2, 0) is 4.79 Å². The lowest BCUT2D eigenvalue weighted by Gasteiger charge is -2.37. The van der Waals surface area contributed by atoms with Crippen molar-refractivity contribution < 1.29 is 9.59 Å². The standard InChI is InChI=1S/C20H28N4O2/c1-13(2)17-21-15-7-6-14(12-16(15)22-17)18(25)23-8-10-24(11-9-23)19(26)20(3,4)5/h6-7,12-13H,8-11H2,1-5H3,(H,21,22). The summed E-state index contributed by atoms with van der Waals surface area (Å²) in [5.41, 5.74) is 2.05. The van der Waals surface area contributed by atoms with E-state index in [0.717, 1.165) is 16.9 Å². The average Bonchev–Trinajstić information content (AvgIpc) is 3.03. The van der Waals surface area contributed by atoms with Gasteiger partial charge in [0.05, 0.1) is 11.0 Å². The summed E-state index contributed by atoms with van der Waals surface area (Å²) in [5.74, 6) is 1.40. The van der Waals surface area contributed by atoms with Crippen molar-refractivity contribution in [1.82, 2.24) is 19.8 Å². The van der Waals surface area contributed by atoms with Gasteiger partial charge in [0.15, 0.2) is 0 Å². The van der Waals surface area contributed by atoms with Gasteiger partial charge >= 0.3 is 0 Å². The maximum Gasteiger partial charge on any atom is 0.254 e. The number of carbonyl (C=O) groups excluding carboxylic acids is 2. The Kier molecular flexibility index (Phi) is 4.78. The second kappa shape index (κ2) is 6.74. The monoisotopic (exact) mass is 356 g/mol. The number of rotatable bonds is 2. The van der Waals surface area contributed by atoms with Gasteiger partial charge in [-0.2, -0.15) is 0 Å². The number of nitrogens with one attached hydrogen (secondary N) is 1. The third-order valence-electron chi connectivity index (χ3n) is 4.79. The minimum Gasteiger partial charge on any atom is -0.342 e. The van der Waals surface area contributed by atoms with Crippen LogP contribution >= 0.6 is 0 Å². The highest BCUT2D eigenvalue weighted by molar-refractivity contribution is 5.97. The predicted octanol–water partition coefficient (Wildman–Crippen LogP) is 3.02. The summed E-state index contributed by atoms with van der Waals surface area (Å²) in [4.78, 5) is 36.8. The summed E-state index contributed by atoms with van der Waals surface area (Å²) in [7, 11) is 0. The number of fused-ring (bicyclic) bond motifs is 1. The lowest BCUT2D eigenvalue weighted by atomic mass is 9.94. The zero-order valence-corrected chi connectivity index (χ0v) is 16.3. The zero-order chi connectivity index (χ0) is 19.1. The number of H-pyrrole nitrogens is 1. The second-order valence-electron chi connectivity index (χ2n) is 8.34. The molecule has 6 heteroatoms. The molecule has 1 aliphatic heterocycles. The molecule has 1 fully saturated rings. The van der Waals surface area contributed by atoms with Crippen LogP contribution in [0.3, 0.4) is 0 Å². The minimum absolute atomic E-state index is 0.00968. The van der Waals surface area contributed by atoms with Gasteiger partial charge < -0.3 is 14.8 Å². The molecule has 1 N–H and O–H groups in total. The highest BCUT2D eigenvalue weighted by Gasteiger charge is 2.31. The highest BCUT2D eigenvalue weighted by Crippen LogP contribution is 2.21. The summed E-state index contributed by atoms with van der Waals surface area (Å²) < 4.78 is 0. The van der Waals surface area contributed by atoms with Crippen LogP contribution in [0.25, 0.3) is 11.0 Å². The summed E-state index contributed by atoms with van der Waals surface area (Å²) >= 11 is 0. The van der Waals surface area contributed by atoms with Crippen LogP contribution in [0.4, 0.5) is 0 Å². The third kappa shape index (κ3) is 3.59. The molecule has 0 saturated carbocycles. The first-order valence-electron chi connectivity index (χ1n) is 9.25. The van der Waals surface area contributed by atoms with Crippen molar-refractivity contribution in [3.8, 4) is 0 Å². The smallest absolute Gasteiger partial charge is 0.254 e. The minimum atomic E-state index is -0.383. The Hall–Kier alpha value is -2.37. The van der Waals surface area contributed by atoms with Gasteiger partial charge in [-0.1, -0.05) is 34.6 Å². The van der Waals surface area contributed by atoms with E-state index >= 15 is 0 Å². The average molecular weight is 356 g/mol. The molecule has 0 aliphatic carbocycles. The Morgan fingerprint density at radius 3 is 2.27 bits per heavy atom. The molecular weight excluding hydrogens is 328 g/mol. The topological polar surface area (TPSA) is 69.3 Å². The van der Waals surface area contributed by atoms with Crippen LogP contribution in [0.2, 0.25) is 0 Å². The number of nitrogens with zero attached hydrogens (tertiary/aromatic N) is 3. The summed E-state index contributed by atoms with van der Waals surface area (Å²) in [6, 6.07) is 5.61. The Balaban J connectivity index is 1.70. The fourth-order valence-corrected chi connectivity index (χ4v) is 3.21. The van der Waals surface area contributed by atoms with Gasteiger partial charge in [0.25, 0.3) is 5.91 Å². The molecule has 2 heterocycles. The van der Waals surface area contributed by atoms with Gasteiger partial charge in [-0.05, 0) is 18.2 Å². The molecule has 1 aromatic carbocycles. The molecule has 1 aliphatic rings. The molecule has 26 heavy (non-hydrogen) atoms. The zero-order valence-electron chi connectivity index (χ0n) is 16.3. The van der Waals surface area contributed by atoms with Gasteiger partial charge in [-0.15, -0.1) is 0 Å². The van der Waals surface area contributed by atoms with Crippen molar-refractivity contribution in [3.63, 3.8) is 0 Å². The van der Waals surface area contributed by atoms with Gasteiger partial charge in [0, 0.05) is 43.1 Å². The number of carbonyl (C=O) groups is 2. The van der Waals surface area contributed by atoms with E-state index in [1.165, 1.54) is 0 Å². The first-order chi connectivity index (χ1) is 12.2. The maximum absolute atomic E-state index is 12.8. The van der Waals surface area contributed by atoms with Crippen LogP contribution in [0.5, 0.6) is 0 Å². The normalized spacial score (nSPS) is 15.8. The van der Waals surface area contributed by atoms with Gasteiger partial charge in [-0.3, -0.25) is 9.59 Å². The first-order valence-corrected chi connectivity index (χ1v) is 9.25. The summed E-state index contributed by atoms with van der Waals surface area (Å²) in [5, 5.41) is 0. The van der Waals surface area contributed by atoms with Crippen LogP contribution in [0.1, 0.15) is 56.7 Å². The Morgan fingerprint density at radius 2 is 1.69 bits per heavy atom. The summed E-state index contributed by atoms with van der Waals surface area (Å²) in [6.45, 7) is 12.3. The van der Waals surface area contributed by atoms with Crippen LogP contribution in [-0.4, -0.2) is 57.8 Å². The molecule has 0 bridgehead atoms. The molecule has 3 rings (SSSR count). The largest absolute Gasteiger partial charge is 0.342 e. The lowest BCUT2D eigenvalue weighted by Crippen LogP contribution is -2.53. The van der Waals surface area contributed by atoms with Crippen molar-refractivity contribution in [2.45, 2.75) is 40.5 Å². The van der Waals surface area contributed by atoms with Crippen molar-refractivity contribution >= 4 is 22.8 Å². The van der Waals surface area contributed by atoms with Crippen LogP contribution < -0.4 is 0 Å². The first kappa shape index (κ1) is 18.4. The number of piperazine rings is 1.